The third-order valence-corrected chi connectivity index (χ3v) is 6.33. The van der Waals surface area contributed by atoms with E-state index in [1.807, 2.05) is 36.4 Å². The van der Waals surface area contributed by atoms with Gasteiger partial charge in [0.1, 0.15) is 0 Å². The molecule has 0 aliphatic rings. The summed E-state index contributed by atoms with van der Waals surface area (Å²) in [6, 6.07) is 28.5. The molecule has 0 aliphatic heterocycles. The van der Waals surface area contributed by atoms with Crippen molar-refractivity contribution >= 4 is 25.2 Å². The summed E-state index contributed by atoms with van der Waals surface area (Å²) in [4.78, 5) is 13.1. The van der Waals surface area contributed by atoms with E-state index >= 15 is 0 Å². The Hall–Kier alpha value is -2.15. The molecule has 3 rings (SSSR count). The average molecular weight is 379 g/mol. The maximum absolute atomic E-state index is 13.1. The molecule has 0 heterocycles. The van der Waals surface area contributed by atoms with Gasteiger partial charge in [-0.3, -0.25) is 0 Å². The predicted molar refractivity (Wildman–Crippen MR) is 101 cm³/mol. The van der Waals surface area contributed by atoms with Crippen LogP contribution in [0.2, 0.25) is 5.32 Å². The first kappa shape index (κ1) is 16.7. The van der Waals surface area contributed by atoms with E-state index in [1.54, 1.807) is 0 Å². The fourth-order valence-electron chi connectivity index (χ4n) is 2.62. The molecule has 24 heavy (non-hydrogen) atoms. The number of aryl methyl sites for hydroxylation is 1. The van der Waals surface area contributed by atoms with E-state index in [2.05, 4.69) is 55.5 Å². The zero-order chi connectivity index (χ0) is 16.8. The minimum atomic E-state index is -0.0757. The van der Waals surface area contributed by atoms with Gasteiger partial charge in [0.25, 0.3) is 0 Å². The van der Waals surface area contributed by atoms with Crippen molar-refractivity contribution in [1.82, 2.24) is 0 Å². The zero-order valence-electron chi connectivity index (χ0n) is 13.7. The van der Waals surface area contributed by atoms with Gasteiger partial charge in [0.15, 0.2) is 0 Å². The molecule has 0 saturated heterocycles. The molecule has 0 aliphatic carbocycles. The van der Waals surface area contributed by atoms with Crippen LogP contribution in [0.3, 0.4) is 0 Å². The fraction of sp³-hybridized carbons (Fsp3) is 0.136. The molecule has 0 fully saturated rings. The van der Waals surface area contributed by atoms with Gasteiger partial charge < -0.3 is 0 Å². The molecule has 0 aromatic heterocycles. The Morgan fingerprint density at radius 3 is 2.04 bits per heavy atom. The Bertz CT molecular complexity index is 779. The summed E-state index contributed by atoms with van der Waals surface area (Å²) in [5.74, 6) is 0.144. The number of carbonyl (C=O) groups is 1. The molecule has 3 aromatic carbocycles. The number of carbonyl (C=O) groups excluding carboxylic acids is 1. The third kappa shape index (κ3) is 4.23. The Labute approximate surface area is 149 Å². The van der Waals surface area contributed by atoms with Gasteiger partial charge in [-0.15, -0.1) is 0 Å². The van der Waals surface area contributed by atoms with E-state index < -0.39 is 0 Å². The fourth-order valence-corrected chi connectivity index (χ4v) is 4.83. The molecule has 120 valence electrons. The summed E-state index contributed by atoms with van der Waals surface area (Å²) in [5.41, 5.74) is 3.14. The normalized spacial score (nSPS) is 11.9. The molecule has 0 amide bonds. The van der Waals surface area contributed by atoms with Crippen molar-refractivity contribution in [3.8, 4) is 0 Å². The summed E-state index contributed by atoms with van der Waals surface area (Å²) >= 11 is 0.279. The average Bonchev–Trinajstić information content (AvgIpc) is 2.65. The molecule has 0 saturated carbocycles. The van der Waals surface area contributed by atoms with Gasteiger partial charge in [-0.25, -0.2) is 0 Å². The summed E-state index contributed by atoms with van der Waals surface area (Å²) < 4.78 is 1.34. The SMILES string of the molecule is Cc1ccc(C(C[Se]c2ccccc2)C(=O)c2ccccc2)cc1. The second-order valence-electron chi connectivity index (χ2n) is 5.82. The molecule has 3 aromatic rings. The van der Waals surface area contributed by atoms with Crippen molar-refractivity contribution in [1.29, 1.82) is 0 Å². The quantitative estimate of drug-likeness (QED) is 0.458. The van der Waals surface area contributed by atoms with Crippen molar-refractivity contribution in [3.05, 3.63) is 102 Å². The topological polar surface area (TPSA) is 17.1 Å². The van der Waals surface area contributed by atoms with E-state index in [0.29, 0.717) is 0 Å². The van der Waals surface area contributed by atoms with Crippen molar-refractivity contribution in [2.75, 3.05) is 0 Å². The second kappa shape index (κ2) is 8.10. The molecular weight excluding hydrogens is 359 g/mol. The number of hydrogen-bond acceptors (Lipinski definition) is 1. The molecule has 0 N–H and O–H groups in total. The first-order chi connectivity index (χ1) is 11.7. The summed E-state index contributed by atoms with van der Waals surface area (Å²) in [5, 5.41) is 0.883. The number of rotatable bonds is 6. The van der Waals surface area contributed by atoms with Crippen molar-refractivity contribution < 1.29 is 4.79 Å². The summed E-state index contributed by atoms with van der Waals surface area (Å²) in [6.45, 7) is 2.08. The standard InChI is InChI=1S/C22H20OSe/c1-17-12-14-18(15-13-17)21(16-24-20-10-6-3-7-11-20)22(23)19-8-4-2-5-9-19/h2-15,21H,16H2,1H3. The number of Topliss-reactive ketones (excluding diaryl/α,β-unsaturated/α-hetero) is 1. The molecular formula is C22H20OSe. The van der Waals surface area contributed by atoms with Crippen LogP contribution in [0, 0.1) is 6.92 Å². The Kier molecular flexibility index (Phi) is 5.63. The van der Waals surface area contributed by atoms with Gasteiger partial charge in [0.05, 0.1) is 0 Å². The summed E-state index contributed by atoms with van der Waals surface area (Å²) in [6.07, 6.45) is 0. The van der Waals surface area contributed by atoms with Crippen LogP contribution in [0.25, 0.3) is 0 Å². The first-order valence-electron chi connectivity index (χ1n) is 8.08. The van der Waals surface area contributed by atoms with Gasteiger partial charge in [-0.05, 0) is 0 Å². The van der Waals surface area contributed by atoms with E-state index in [0.717, 1.165) is 16.4 Å². The minimum absolute atomic E-state index is 0.0757. The first-order valence-corrected chi connectivity index (χ1v) is 10.1. The van der Waals surface area contributed by atoms with Crippen molar-refractivity contribution in [3.63, 3.8) is 0 Å². The van der Waals surface area contributed by atoms with E-state index in [1.165, 1.54) is 10.0 Å². The van der Waals surface area contributed by atoms with Crippen LogP contribution in [-0.4, -0.2) is 20.7 Å². The van der Waals surface area contributed by atoms with Crippen LogP contribution in [0.15, 0.2) is 84.9 Å². The Morgan fingerprint density at radius 1 is 0.833 bits per heavy atom. The van der Waals surface area contributed by atoms with Crippen LogP contribution in [0.4, 0.5) is 0 Å². The number of ketones is 1. The van der Waals surface area contributed by atoms with Gasteiger partial charge in [0, 0.05) is 0 Å². The van der Waals surface area contributed by atoms with Crippen LogP contribution in [0.5, 0.6) is 0 Å². The molecule has 1 nitrogen and oxygen atoms in total. The third-order valence-electron chi connectivity index (χ3n) is 4.01. The summed E-state index contributed by atoms with van der Waals surface area (Å²) in [7, 11) is 0. The van der Waals surface area contributed by atoms with Gasteiger partial charge in [-0.2, -0.15) is 0 Å². The predicted octanol–water partition coefficient (Wildman–Crippen LogP) is 4.41. The van der Waals surface area contributed by atoms with Gasteiger partial charge in [-0.1, -0.05) is 0 Å². The van der Waals surface area contributed by atoms with E-state index in [-0.39, 0.29) is 26.7 Å². The Morgan fingerprint density at radius 2 is 1.42 bits per heavy atom. The van der Waals surface area contributed by atoms with Gasteiger partial charge >= 0.3 is 150 Å². The molecule has 0 spiro atoms. The van der Waals surface area contributed by atoms with Crippen LogP contribution in [-0.2, 0) is 0 Å². The Balaban J connectivity index is 1.85. The molecule has 2 heteroatoms. The molecule has 0 radical (unpaired) electrons. The van der Waals surface area contributed by atoms with Gasteiger partial charge in [0.2, 0.25) is 0 Å². The van der Waals surface area contributed by atoms with E-state index in [4.69, 9.17) is 0 Å². The molecule has 0 bridgehead atoms. The van der Waals surface area contributed by atoms with Crippen LogP contribution >= 0.6 is 0 Å². The zero-order valence-corrected chi connectivity index (χ0v) is 15.4. The monoisotopic (exact) mass is 380 g/mol. The van der Waals surface area contributed by atoms with Crippen molar-refractivity contribution in [2.24, 2.45) is 0 Å². The number of benzene rings is 3. The molecule has 1 atom stereocenters. The van der Waals surface area contributed by atoms with Crippen LogP contribution in [0.1, 0.15) is 27.4 Å². The van der Waals surface area contributed by atoms with Crippen LogP contribution < -0.4 is 4.46 Å². The van der Waals surface area contributed by atoms with Crippen molar-refractivity contribution in [2.45, 2.75) is 18.2 Å². The van der Waals surface area contributed by atoms with E-state index in [9.17, 15) is 4.79 Å². The maximum atomic E-state index is 13.1. The number of hydrogen-bond donors (Lipinski definition) is 0. The molecule has 1 unspecified atom stereocenters. The second-order valence-corrected chi connectivity index (χ2v) is 8.11.